The first kappa shape index (κ1) is 20.7. The van der Waals surface area contributed by atoms with Crippen LogP contribution in [-0.4, -0.2) is 57.0 Å². The van der Waals surface area contributed by atoms with E-state index < -0.39 is 9.84 Å². The van der Waals surface area contributed by atoms with Crippen LogP contribution in [0.3, 0.4) is 0 Å². The predicted octanol–water partition coefficient (Wildman–Crippen LogP) is 1.90. The molecule has 0 amide bonds. The van der Waals surface area contributed by atoms with Crippen molar-refractivity contribution in [3.63, 3.8) is 0 Å². The highest BCUT2D eigenvalue weighted by Crippen LogP contribution is 2.18. The molecule has 0 saturated carbocycles. The number of aliphatic imine (C=N–C) groups is 1. The Bertz CT molecular complexity index is 475. The van der Waals surface area contributed by atoms with E-state index >= 15 is 0 Å². The van der Waals surface area contributed by atoms with Gasteiger partial charge in [-0.05, 0) is 33.1 Å². The Kier molecular flexibility index (Phi) is 8.84. The Morgan fingerprint density at radius 1 is 1.48 bits per heavy atom. The quantitative estimate of drug-likeness (QED) is 0.314. The van der Waals surface area contributed by atoms with Crippen LogP contribution in [0.2, 0.25) is 0 Å². The highest BCUT2D eigenvalue weighted by molar-refractivity contribution is 14.0. The summed E-state index contributed by atoms with van der Waals surface area (Å²) in [5.41, 5.74) is 1.06. The summed E-state index contributed by atoms with van der Waals surface area (Å²) in [5.74, 6) is 1.55. The van der Waals surface area contributed by atoms with E-state index in [2.05, 4.69) is 30.7 Å². The SMILES string of the molecule is C=C(C)CN(C)C(=NCC1CCS(=O)(=O)C1)NC(C)C.I. The van der Waals surface area contributed by atoms with Gasteiger partial charge in [0.05, 0.1) is 11.5 Å². The minimum atomic E-state index is -2.82. The molecule has 21 heavy (non-hydrogen) atoms. The Balaban J connectivity index is 0.00000400. The van der Waals surface area contributed by atoms with Crippen molar-refractivity contribution in [2.24, 2.45) is 10.9 Å². The molecule has 1 heterocycles. The second kappa shape index (κ2) is 8.97. The van der Waals surface area contributed by atoms with Gasteiger partial charge in [0.25, 0.3) is 0 Å². The first-order valence-corrected chi connectivity index (χ1v) is 8.88. The van der Waals surface area contributed by atoms with E-state index in [1.165, 1.54) is 0 Å². The molecular formula is C14H28IN3O2S. The molecule has 7 heteroatoms. The largest absolute Gasteiger partial charge is 0.354 e. The van der Waals surface area contributed by atoms with Gasteiger partial charge in [-0.3, -0.25) is 4.99 Å². The van der Waals surface area contributed by atoms with Crippen LogP contribution in [0.15, 0.2) is 17.1 Å². The lowest BCUT2D eigenvalue weighted by Gasteiger charge is -2.24. The maximum atomic E-state index is 11.5. The van der Waals surface area contributed by atoms with Crippen molar-refractivity contribution in [3.05, 3.63) is 12.2 Å². The van der Waals surface area contributed by atoms with Gasteiger partial charge >= 0.3 is 0 Å². The molecule has 0 spiro atoms. The third kappa shape index (κ3) is 8.04. The van der Waals surface area contributed by atoms with Crippen LogP contribution in [0.4, 0.5) is 0 Å². The van der Waals surface area contributed by atoms with Gasteiger partial charge in [-0.2, -0.15) is 0 Å². The van der Waals surface area contributed by atoms with Crippen molar-refractivity contribution in [3.8, 4) is 0 Å². The van der Waals surface area contributed by atoms with Gasteiger partial charge < -0.3 is 10.2 Å². The Hall–Kier alpha value is -0.310. The van der Waals surface area contributed by atoms with Crippen LogP contribution >= 0.6 is 24.0 Å². The summed E-state index contributed by atoms with van der Waals surface area (Å²) in [7, 11) is -0.856. The number of likely N-dealkylation sites (N-methyl/N-ethyl adjacent to an activating group) is 1. The number of nitrogens with zero attached hydrogens (tertiary/aromatic N) is 2. The van der Waals surface area contributed by atoms with E-state index in [0.29, 0.717) is 12.3 Å². The monoisotopic (exact) mass is 429 g/mol. The summed E-state index contributed by atoms with van der Waals surface area (Å²) >= 11 is 0. The van der Waals surface area contributed by atoms with Gasteiger partial charge in [0, 0.05) is 26.2 Å². The number of hydrogen-bond donors (Lipinski definition) is 1. The van der Waals surface area contributed by atoms with Crippen molar-refractivity contribution in [2.45, 2.75) is 33.2 Å². The standard InChI is InChI=1S/C14H27N3O2S.HI/c1-11(2)9-17(5)14(16-12(3)4)15-8-13-6-7-20(18,19)10-13;/h12-13H,1,6-10H2,2-5H3,(H,15,16);1H. The summed E-state index contributed by atoms with van der Waals surface area (Å²) in [6.45, 7) is 11.3. The third-order valence-electron chi connectivity index (χ3n) is 3.11. The fourth-order valence-corrected chi connectivity index (χ4v) is 4.10. The molecule has 0 radical (unpaired) electrons. The molecule has 0 aromatic rings. The lowest BCUT2D eigenvalue weighted by molar-refractivity contribution is 0.499. The molecule has 1 fully saturated rings. The zero-order chi connectivity index (χ0) is 15.3. The summed E-state index contributed by atoms with van der Waals surface area (Å²) in [6.07, 6.45) is 0.727. The van der Waals surface area contributed by atoms with Gasteiger partial charge in [-0.25, -0.2) is 8.42 Å². The van der Waals surface area contributed by atoms with Crippen LogP contribution in [0.5, 0.6) is 0 Å². The molecule has 1 N–H and O–H groups in total. The molecular weight excluding hydrogens is 401 g/mol. The lowest BCUT2D eigenvalue weighted by atomic mass is 10.1. The summed E-state index contributed by atoms with van der Waals surface area (Å²) in [6, 6.07) is 0.286. The molecule has 0 bridgehead atoms. The van der Waals surface area contributed by atoms with E-state index in [-0.39, 0.29) is 41.7 Å². The van der Waals surface area contributed by atoms with Crippen molar-refractivity contribution in [2.75, 3.05) is 31.6 Å². The fourth-order valence-electron chi connectivity index (χ4n) is 2.25. The number of rotatable bonds is 5. The maximum Gasteiger partial charge on any atom is 0.194 e. The highest BCUT2D eigenvalue weighted by Gasteiger charge is 2.27. The van der Waals surface area contributed by atoms with Crippen molar-refractivity contribution >= 4 is 39.8 Å². The number of sulfone groups is 1. The van der Waals surface area contributed by atoms with Gasteiger partial charge in [0.2, 0.25) is 0 Å². The van der Waals surface area contributed by atoms with Crippen LogP contribution in [0.1, 0.15) is 27.2 Å². The number of nitrogens with one attached hydrogen (secondary N) is 1. The van der Waals surface area contributed by atoms with E-state index in [4.69, 9.17) is 0 Å². The van der Waals surface area contributed by atoms with E-state index in [0.717, 1.165) is 24.5 Å². The third-order valence-corrected chi connectivity index (χ3v) is 4.95. The first-order chi connectivity index (χ1) is 9.19. The molecule has 0 aliphatic carbocycles. The minimum Gasteiger partial charge on any atom is -0.354 e. The van der Waals surface area contributed by atoms with Gasteiger partial charge in [-0.1, -0.05) is 12.2 Å². The first-order valence-electron chi connectivity index (χ1n) is 7.06. The molecule has 1 aliphatic rings. The van der Waals surface area contributed by atoms with Crippen LogP contribution < -0.4 is 5.32 Å². The zero-order valence-electron chi connectivity index (χ0n) is 13.4. The molecule has 1 atom stereocenters. The Morgan fingerprint density at radius 2 is 2.10 bits per heavy atom. The second-order valence-corrected chi connectivity index (χ2v) is 8.27. The number of guanidine groups is 1. The molecule has 0 aromatic carbocycles. The van der Waals surface area contributed by atoms with E-state index in [1.807, 2.05) is 18.9 Å². The van der Waals surface area contributed by atoms with Gasteiger partial charge in [0.15, 0.2) is 15.8 Å². The molecule has 1 unspecified atom stereocenters. The number of halogens is 1. The average molecular weight is 429 g/mol. The zero-order valence-corrected chi connectivity index (χ0v) is 16.6. The molecule has 1 saturated heterocycles. The molecule has 5 nitrogen and oxygen atoms in total. The van der Waals surface area contributed by atoms with Crippen LogP contribution in [-0.2, 0) is 9.84 Å². The second-order valence-electron chi connectivity index (χ2n) is 6.05. The van der Waals surface area contributed by atoms with Crippen molar-refractivity contribution < 1.29 is 8.42 Å². The minimum absolute atomic E-state index is 0. The summed E-state index contributed by atoms with van der Waals surface area (Å²) in [5, 5.41) is 3.32. The van der Waals surface area contributed by atoms with Crippen molar-refractivity contribution in [1.82, 2.24) is 10.2 Å². The highest BCUT2D eigenvalue weighted by atomic mass is 127. The Morgan fingerprint density at radius 3 is 2.52 bits per heavy atom. The lowest BCUT2D eigenvalue weighted by Crippen LogP contribution is -2.43. The van der Waals surface area contributed by atoms with Crippen molar-refractivity contribution in [1.29, 1.82) is 0 Å². The predicted molar refractivity (Wildman–Crippen MR) is 100 cm³/mol. The van der Waals surface area contributed by atoms with Gasteiger partial charge in [-0.15, -0.1) is 24.0 Å². The van der Waals surface area contributed by atoms with Gasteiger partial charge in [0.1, 0.15) is 0 Å². The van der Waals surface area contributed by atoms with E-state index in [1.54, 1.807) is 0 Å². The summed E-state index contributed by atoms with van der Waals surface area (Å²) in [4.78, 5) is 6.61. The van der Waals surface area contributed by atoms with E-state index in [9.17, 15) is 8.42 Å². The summed E-state index contributed by atoms with van der Waals surface area (Å²) < 4.78 is 22.9. The molecule has 1 aliphatic heterocycles. The normalized spacial score (nSPS) is 21.0. The maximum absolute atomic E-state index is 11.5. The Labute approximate surface area is 146 Å². The number of hydrogen-bond acceptors (Lipinski definition) is 3. The van der Waals surface area contributed by atoms with Crippen LogP contribution in [0, 0.1) is 5.92 Å². The van der Waals surface area contributed by atoms with Crippen LogP contribution in [0.25, 0.3) is 0 Å². The smallest absolute Gasteiger partial charge is 0.194 e. The molecule has 124 valence electrons. The topological polar surface area (TPSA) is 61.8 Å². The molecule has 0 aromatic heterocycles. The fraction of sp³-hybridized carbons (Fsp3) is 0.786. The molecule has 1 rings (SSSR count). The average Bonchev–Trinajstić information content (AvgIpc) is 2.62.